The van der Waals surface area contributed by atoms with Gasteiger partial charge in [0.2, 0.25) is 5.95 Å². The third-order valence-corrected chi connectivity index (χ3v) is 4.09. The number of urea groups is 1. The number of nitrogens with one attached hydrogen (secondary N) is 1. The lowest BCUT2D eigenvalue weighted by atomic mass is 10.0. The first-order valence-corrected chi connectivity index (χ1v) is 7.82. The predicted octanol–water partition coefficient (Wildman–Crippen LogP) is 2.73. The number of aromatic nitrogens is 2. The van der Waals surface area contributed by atoms with E-state index >= 15 is 0 Å². The van der Waals surface area contributed by atoms with Gasteiger partial charge in [0.05, 0.1) is 24.5 Å². The molecular formula is C16H18ClN5O. The van der Waals surface area contributed by atoms with Crippen LogP contribution in [-0.4, -0.2) is 27.4 Å². The van der Waals surface area contributed by atoms with Gasteiger partial charge in [0, 0.05) is 22.7 Å². The Morgan fingerprint density at radius 3 is 2.87 bits per heavy atom. The number of rotatable bonds is 2. The molecule has 2 heterocycles. The van der Waals surface area contributed by atoms with Crippen LogP contribution in [0.15, 0.2) is 18.2 Å². The Labute approximate surface area is 139 Å². The number of hydrogen-bond donors (Lipinski definition) is 2. The van der Waals surface area contributed by atoms with Gasteiger partial charge in [-0.3, -0.25) is 0 Å². The average molecular weight is 332 g/mol. The highest BCUT2D eigenvalue weighted by Gasteiger charge is 2.28. The van der Waals surface area contributed by atoms with Gasteiger partial charge in [-0.2, -0.15) is 0 Å². The zero-order valence-electron chi connectivity index (χ0n) is 13.1. The zero-order chi connectivity index (χ0) is 16.6. The SMILES string of the molecule is CCNC(=O)N1Cc2nc(N)nc(-c3ccc(Cl)cc3C)c2C1. The van der Waals surface area contributed by atoms with E-state index in [0.717, 1.165) is 28.1 Å². The molecule has 0 unspecified atom stereocenters. The van der Waals surface area contributed by atoms with Crippen molar-refractivity contribution in [2.45, 2.75) is 26.9 Å². The summed E-state index contributed by atoms with van der Waals surface area (Å²) in [6.45, 7) is 5.36. The Balaban J connectivity index is 2.04. The van der Waals surface area contributed by atoms with Crippen LogP contribution >= 0.6 is 11.6 Å². The number of carbonyl (C=O) groups is 1. The molecule has 0 radical (unpaired) electrons. The summed E-state index contributed by atoms with van der Waals surface area (Å²) in [4.78, 5) is 22.5. The van der Waals surface area contributed by atoms with E-state index in [9.17, 15) is 4.79 Å². The molecule has 0 atom stereocenters. The molecule has 1 aromatic heterocycles. The number of benzene rings is 1. The van der Waals surface area contributed by atoms with Crippen molar-refractivity contribution in [2.24, 2.45) is 0 Å². The maximum Gasteiger partial charge on any atom is 0.318 e. The Morgan fingerprint density at radius 1 is 1.39 bits per heavy atom. The number of nitrogens with two attached hydrogens (primary N) is 1. The molecular weight excluding hydrogens is 314 g/mol. The van der Waals surface area contributed by atoms with Crippen molar-refractivity contribution in [2.75, 3.05) is 12.3 Å². The van der Waals surface area contributed by atoms with Gasteiger partial charge in [-0.05, 0) is 31.5 Å². The summed E-state index contributed by atoms with van der Waals surface area (Å²) in [7, 11) is 0. The number of nitrogens with zero attached hydrogens (tertiary/aromatic N) is 3. The normalized spacial score (nSPS) is 13.1. The van der Waals surface area contributed by atoms with E-state index in [1.807, 2.05) is 32.0 Å². The maximum absolute atomic E-state index is 12.1. The first-order chi connectivity index (χ1) is 11.0. The first-order valence-electron chi connectivity index (χ1n) is 7.44. The molecule has 3 N–H and O–H groups in total. The van der Waals surface area contributed by atoms with Crippen molar-refractivity contribution >= 4 is 23.6 Å². The average Bonchev–Trinajstić information content (AvgIpc) is 2.91. The summed E-state index contributed by atoms with van der Waals surface area (Å²) >= 11 is 6.03. The summed E-state index contributed by atoms with van der Waals surface area (Å²) in [6.07, 6.45) is 0. The number of carbonyl (C=O) groups excluding carboxylic acids is 1. The molecule has 0 spiro atoms. The first kappa shape index (κ1) is 15.6. The van der Waals surface area contributed by atoms with Crippen molar-refractivity contribution in [1.29, 1.82) is 0 Å². The summed E-state index contributed by atoms with van der Waals surface area (Å²) in [6, 6.07) is 5.53. The fourth-order valence-corrected chi connectivity index (χ4v) is 3.02. The Kier molecular flexibility index (Phi) is 4.09. The van der Waals surface area contributed by atoms with Crippen molar-refractivity contribution in [3.05, 3.63) is 40.0 Å². The molecule has 1 aliphatic heterocycles. The molecule has 0 aliphatic carbocycles. The highest BCUT2D eigenvalue weighted by atomic mass is 35.5. The lowest BCUT2D eigenvalue weighted by molar-refractivity contribution is 0.199. The molecule has 0 fully saturated rings. The molecule has 2 aromatic rings. The van der Waals surface area contributed by atoms with E-state index in [1.54, 1.807) is 4.90 Å². The summed E-state index contributed by atoms with van der Waals surface area (Å²) in [5.74, 6) is 0.214. The second kappa shape index (κ2) is 6.04. The van der Waals surface area contributed by atoms with Gasteiger partial charge in [-0.25, -0.2) is 14.8 Å². The number of aryl methyl sites for hydroxylation is 1. The molecule has 0 saturated heterocycles. The third kappa shape index (κ3) is 2.94. The van der Waals surface area contributed by atoms with Crippen molar-refractivity contribution in [3.63, 3.8) is 0 Å². The highest BCUT2D eigenvalue weighted by Crippen LogP contribution is 2.33. The largest absolute Gasteiger partial charge is 0.368 e. The summed E-state index contributed by atoms with van der Waals surface area (Å²) < 4.78 is 0. The Hall–Kier alpha value is -2.34. The van der Waals surface area contributed by atoms with Crippen LogP contribution in [0, 0.1) is 6.92 Å². The van der Waals surface area contributed by atoms with Gasteiger partial charge in [-0.15, -0.1) is 0 Å². The Bertz CT molecular complexity index is 777. The molecule has 7 heteroatoms. The predicted molar refractivity (Wildman–Crippen MR) is 89.9 cm³/mol. The molecule has 120 valence electrons. The van der Waals surface area contributed by atoms with E-state index in [4.69, 9.17) is 17.3 Å². The molecule has 3 rings (SSSR count). The molecule has 23 heavy (non-hydrogen) atoms. The van der Waals surface area contributed by atoms with Crippen LogP contribution < -0.4 is 11.1 Å². The van der Waals surface area contributed by atoms with Gasteiger partial charge in [0.15, 0.2) is 0 Å². The number of anilines is 1. The van der Waals surface area contributed by atoms with E-state index in [1.165, 1.54) is 0 Å². The van der Waals surface area contributed by atoms with Crippen LogP contribution in [0.3, 0.4) is 0 Å². The van der Waals surface area contributed by atoms with E-state index in [2.05, 4.69) is 15.3 Å². The molecule has 1 aromatic carbocycles. The molecule has 6 nitrogen and oxygen atoms in total. The second-order valence-electron chi connectivity index (χ2n) is 5.51. The number of fused-ring (bicyclic) bond motifs is 1. The number of halogens is 1. The van der Waals surface area contributed by atoms with Crippen molar-refractivity contribution in [1.82, 2.24) is 20.2 Å². The molecule has 0 saturated carbocycles. The topological polar surface area (TPSA) is 84.1 Å². The minimum atomic E-state index is -0.108. The van der Waals surface area contributed by atoms with Crippen LogP contribution in [0.5, 0.6) is 0 Å². The minimum Gasteiger partial charge on any atom is -0.368 e. The van der Waals surface area contributed by atoms with Crippen LogP contribution in [0.25, 0.3) is 11.3 Å². The molecule has 1 aliphatic rings. The standard InChI is InChI=1S/C16H18ClN5O/c1-3-19-16(23)22-7-12-13(8-22)20-15(18)21-14(12)11-5-4-10(17)6-9(11)2/h4-6H,3,7-8H2,1-2H3,(H,19,23)(H2,18,20,21). The lowest BCUT2D eigenvalue weighted by Gasteiger charge is -2.15. The smallest absolute Gasteiger partial charge is 0.318 e. The van der Waals surface area contributed by atoms with Gasteiger partial charge < -0.3 is 16.0 Å². The van der Waals surface area contributed by atoms with Gasteiger partial charge in [0.25, 0.3) is 0 Å². The van der Waals surface area contributed by atoms with E-state index in [0.29, 0.717) is 24.7 Å². The van der Waals surface area contributed by atoms with E-state index < -0.39 is 0 Å². The fourth-order valence-electron chi connectivity index (χ4n) is 2.80. The molecule has 2 amide bonds. The summed E-state index contributed by atoms with van der Waals surface area (Å²) in [5, 5.41) is 3.48. The Morgan fingerprint density at radius 2 is 2.17 bits per heavy atom. The quantitative estimate of drug-likeness (QED) is 0.886. The number of nitrogen functional groups attached to an aromatic ring is 1. The van der Waals surface area contributed by atoms with Crippen LogP contribution in [-0.2, 0) is 13.1 Å². The second-order valence-corrected chi connectivity index (χ2v) is 5.94. The maximum atomic E-state index is 12.1. The zero-order valence-corrected chi connectivity index (χ0v) is 13.8. The molecule has 0 bridgehead atoms. The van der Waals surface area contributed by atoms with E-state index in [-0.39, 0.29) is 12.0 Å². The third-order valence-electron chi connectivity index (χ3n) is 3.86. The fraction of sp³-hybridized carbons (Fsp3) is 0.312. The summed E-state index contributed by atoms with van der Waals surface area (Å²) in [5.41, 5.74) is 10.3. The monoisotopic (exact) mass is 331 g/mol. The number of hydrogen-bond acceptors (Lipinski definition) is 4. The van der Waals surface area contributed by atoms with Gasteiger partial charge >= 0.3 is 6.03 Å². The van der Waals surface area contributed by atoms with Crippen LogP contribution in [0.4, 0.5) is 10.7 Å². The van der Waals surface area contributed by atoms with Gasteiger partial charge in [-0.1, -0.05) is 17.7 Å². The minimum absolute atomic E-state index is 0.108. The number of amides is 2. The lowest BCUT2D eigenvalue weighted by Crippen LogP contribution is -2.36. The van der Waals surface area contributed by atoms with Crippen LogP contribution in [0.1, 0.15) is 23.7 Å². The van der Waals surface area contributed by atoms with Crippen molar-refractivity contribution in [3.8, 4) is 11.3 Å². The van der Waals surface area contributed by atoms with Crippen LogP contribution in [0.2, 0.25) is 5.02 Å². The van der Waals surface area contributed by atoms with Crippen molar-refractivity contribution < 1.29 is 4.79 Å². The van der Waals surface area contributed by atoms with Gasteiger partial charge in [0.1, 0.15) is 0 Å². The highest BCUT2D eigenvalue weighted by molar-refractivity contribution is 6.30.